The maximum absolute atomic E-state index is 6.06. The van der Waals surface area contributed by atoms with Crippen LogP contribution in [0.4, 0.5) is 0 Å². The smallest absolute Gasteiger partial charge is 0.131 e. The van der Waals surface area contributed by atoms with Gasteiger partial charge in [-0.15, -0.1) is 0 Å². The molecule has 1 aromatic heterocycles. The third kappa shape index (κ3) is 1.87. The normalized spacial score (nSPS) is 10.7. The largest absolute Gasteiger partial charge is 0.496 e. The first-order chi connectivity index (χ1) is 7.11. The van der Waals surface area contributed by atoms with Gasteiger partial charge < -0.3 is 4.74 Å². The van der Waals surface area contributed by atoms with Crippen LogP contribution in [0.25, 0.3) is 10.9 Å². The molecule has 0 saturated heterocycles. The summed E-state index contributed by atoms with van der Waals surface area (Å²) in [6.07, 6.45) is 0. The third-order valence-corrected chi connectivity index (χ3v) is 2.75. The van der Waals surface area contributed by atoms with Crippen molar-refractivity contribution in [3.05, 3.63) is 33.9 Å². The number of benzene rings is 1. The first-order valence-corrected chi connectivity index (χ1v) is 5.18. The van der Waals surface area contributed by atoms with Gasteiger partial charge in [0.2, 0.25) is 0 Å². The lowest BCUT2D eigenvalue weighted by Gasteiger charge is -2.07. The molecule has 0 atom stereocenters. The second-order valence-corrected chi connectivity index (χ2v) is 4.06. The number of hydrogen-bond donors (Lipinski definition) is 0. The molecule has 0 aliphatic heterocycles. The SMILES string of the molecule is COc1cc2c(Cl)cc(Cl)nc2cc1C. The van der Waals surface area contributed by atoms with Crippen molar-refractivity contribution in [2.24, 2.45) is 0 Å². The highest BCUT2D eigenvalue weighted by Gasteiger charge is 2.07. The molecule has 1 aromatic carbocycles. The van der Waals surface area contributed by atoms with Crippen molar-refractivity contribution < 1.29 is 4.74 Å². The zero-order valence-electron chi connectivity index (χ0n) is 8.34. The summed E-state index contributed by atoms with van der Waals surface area (Å²) in [7, 11) is 1.63. The topological polar surface area (TPSA) is 22.1 Å². The molecule has 2 aromatic rings. The maximum atomic E-state index is 6.06. The molecule has 0 amide bonds. The van der Waals surface area contributed by atoms with Gasteiger partial charge in [-0.2, -0.15) is 0 Å². The second kappa shape index (κ2) is 3.87. The Labute approximate surface area is 97.8 Å². The van der Waals surface area contributed by atoms with Crippen molar-refractivity contribution in [2.45, 2.75) is 6.92 Å². The lowest BCUT2D eigenvalue weighted by atomic mass is 10.1. The monoisotopic (exact) mass is 241 g/mol. The molecule has 2 nitrogen and oxygen atoms in total. The lowest BCUT2D eigenvalue weighted by molar-refractivity contribution is 0.412. The summed E-state index contributed by atoms with van der Waals surface area (Å²) >= 11 is 11.9. The highest BCUT2D eigenvalue weighted by molar-refractivity contribution is 6.37. The van der Waals surface area contributed by atoms with Gasteiger partial charge in [0, 0.05) is 5.39 Å². The van der Waals surface area contributed by atoms with E-state index in [-0.39, 0.29) is 0 Å². The summed E-state index contributed by atoms with van der Waals surface area (Å²) in [6.45, 7) is 1.95. The zero-order chi connectivity index (χ0) is 11.0. The van der Waals surface area contributed by atoms with E-state index in [0.717, 1.165) is 22.2 Å². The van der Waals surface area contributed by atoms with Gasteiger partial charge in [0.05, 0.1) is 17.6 Å². The molecule has 0 radical (unpaired) electrons. The Bertz CT molecular complexity index is 525. The standard InChI is InChI=1S/C11H9Cl2NO/c1-6-3-9-7(4-10(6)15-2)8(12)5-11(13)14-9/h3-5H,1-2H3. The Morgan fingerprint density at radius 3 is 2.60 bits per heavy atom. The fraction of sp³-hybridized carbons (Fsp3) is 0.182. The maximum Gasteiger partial charge on any atom is 0.131 e. The van der Waals surface area contributed by atoms with E-state index in [1.165, 1.54) is 0 Å². The number of halogens is 2. The predicted octanol–water partition coefficient (Wildman–Crippen LogP) is 3.86. The van der Waals surface area contributed by atoms with E-state index in [1.807, 2.05) is 19.1 Å². The van der Waals surface area contributed by atoms with Gasteiger partial charge in [0.1, 0.15) is 10.9 Å². The van der Waals surface area contributed by atoms with Crippen molar-refractivity contribution in [3.8, 4) is 5.75 Å². The summed E-state index contributed by atoms with van der Waals surface area (Å²) in [5.74, 6) is 0.800. The third-order valence-electron chi connectivity index (χ3n) is 2.24. The second-order valence-electron chi connectivity index (χ2n) is 3.27. The molecule has 0 N–H and O–H groups in total. The summed E-state index contributed by atoms with van der Waals surface area (Å²) in [6, 6.07) is 5.41. The molecule has 0 aliphatic rings. The van der Waals surface area contributed by atoms with E-state index < -0.39 is 0 Å². The van der Waals surface area contributed by atoms with E-state index >= 15 is 0 Å². The van der Waals surface area contributed by atoms with Crippen LogP contribution < -0.4 is 4.74 Å². The zero-order valence-corrected chi connectivity index (χ0v) is 9.86. The van der Waals surface area contributed by atoms with E-state index in [9.17, 15) is 0 Å². The fourth-order valence-corrected chi connectivity index (χ4v) is 2.02. The Morgan fingerprint density at radius 1 is 1.20 bits per heavy atom. The van der Waals surface area contributed by atoms with Gasteiger partial charge >= 0.3 is 0 Å². The molecule has 4 heteroatoms. The van der Waals surface area contributed by atoms with Gasteiger partial charge in [0.15, 0.2) is 0 Å². The lowest BCUT2D eigenvalue weighted by Crippen LogP contribution is -1.89. The Balaban J connectivity index is 2.81. The fourth-order valence-electron chi connectivity index (χ4n) is 1.51. The predicted molar refractivity (Wildman–Crippen MR) is 63.1 cm³/mol. The van der Waals surface area contributed by atoms with Crippen LogP contribution in [0.15, 0.2) is 18.2 Å². The number of rotatable bonds is 1. The number of fused-ring (bicyclic) bond motifs is 1. The highest BCUT2D eigenvalue weighted by atomic mass is 35.5. The van der Waals surface area contributed by atoms with Crippen LogP contribution in [0, 0.1) is 6.92 Å². The number of aromatic nitrogens is 1. The number of ether oxygens (including phenoxy) is 1. The molecule has 0 saturated carbocycles. The summed E-state index contributed by atoms with van der Waals surface area (Å²) in [4.78, 5) is 4.20. The van der Waals surface area contributed by atoms with E-state index in [0.29, 0.717) is 10.2 Å². The van der Waals surface area contributed by atoms with Crippen LogP contribution in [-0.4, -0.2) is 12.1 Å². The summed E-state index contributed by atoms with van der Waals surface area (Å²) in [5, 5.41) is 1.84. The minimum absolute atomic E-state index is 0.400. The molecule has 0 bridgehead atoms. The van der Waals surface area contributed by atoms with Crippen molar-refractivity contribution in [1.82, 2.24) is 4.98 Å². The molecule has 1 heterocycles. The van der Waals surface area contributed by atoms with E-state index in [4.69, 9.17) is 27.9 Å². The van der Waals surface area contributed by atoms with Crippen LogP contribution in [0.1, 0.15) is 5.56 Å². The quantitative estimate of drug-likeness (QED) is 0.708. The van der Waals surface area contributed by atoms with Crippen molar-refractivity contribution in [2.75, 3.05) is 7.11 Å². The number of pyridine rings is 1. The van der Waals surface area contributed by atoms with Crippen molar-refractivity contribution in [1.29, 1.82) is 0 Å². The van der Waals surface area contributed by atoms with Crippen LogP contribution in [-0.2, 0) is 0 Å². The van der Waals surface area contributed by atoms with Gasteiger partial charge in [-0.05, 0) is 30.7 Å². The van der Waals surface area contributed by atoms with Gasteiger partial charge in [-0.25, -0.2) is 4.98 Å². The molecule has 0 spiro atoms. The Hall–Kier alpha value is -0.990. The number of aryl methyl sites for hydroxylation is 1. The molecule has 0 fully saturated rings. The molecule has 2 rings (SSSR count). The van der Waals surface area contributed by atoms with Gasteiger partial charge in [-0.1, -0.05) is 23.2 Å². The van der Waals surface area contributed by atoms with Crippen molar-refractivity contribution in [3.63, 3.8) is 0 Å². The van der Waals surface area contributed by atoms with Crippen molar-refractivity contribution >= 4 is 34.1 Å². The molecular weight excluding hydrogens is 233 g/mol. The minimum atomic E-state index is 0.400. The summed E-state index contributed by atoms with van der Waals surface area (Å²) < 4.78 is 5.22. The van der Waals surface area contributed by atoms with Crippen LogP contribution >= 0.6 is 23.2 Å². The van der Waals surface area contributed by atoms with Gasteiger partial charge in [-0.3, -0.25) is 0 Å². The molecule has 0 unspecified atom stereocenters. The van der Waals surface area contributed by atoms with Gasteiger partial charge in [0.25, 0.3) is 0 Å². The first-order valence-electron chi connectivity index (χ1n) is 4.42. The number of hydrogen-bond acceptors (Lipinski definition) is 2. The minimum Gasteiger partial charge on any atom is -0.496 e. The highest BCUT2D eigenvalue weighted by Crippen LogP contribution is 2.30. The average molecular weight is 242 g/mol. The molecule has 78 valence electrons. The van der Waals surface area contributed by atoms with Crippen LogP contribution in [0.2, 0.25) is 10.2 Å². The number of nitrogens with zero attached hydrogens (tertiary/aromatic N) is 1. The summed E-state index contributed by atoms with van der Waals surface area (Å²) in [5.41, 5.74) is 1.79. The Kier molecular flexibility index (Phi) is 2.72. The van der Waals surface area contributed by atoms with Crippen LogP contribution in [0.3, 0.4) is 0 Å². The Morgan fingerprint density at radius 2 is 1.93 bits per heavy atom. The number of methoxy groups -OCH3 is 1. The van der Waals surface area contributed by atoms with Crippen LogP contribution in [0.5, 0.6) is 5.75 Å². The molecule has 0 aliphatic carbocycles. The average Bonchev–Trinajstić information content (AvgIpc) is 2.16. The molecular formula is C11H9Cl2NO. The van der Waals surface area contributed by atoms with E-state index in [2.05, 4.69) is 4.98 Å². The first kappa shape index (κ1) is 10.5. The van der Waals surface area contributed by atoms with E-state index in [1.54, 1.807) is 13.2 Å². The molecule has 15 heavy (non-hydrogen) atoms.